The molecule has 3 rings (SSSR count). The van der Waals surface area contributed by atoms with Crippen molar-refractivity contribution in [1.29, 1.82) is 0 Å². The van der Waals surface area contributed by atoms with Crippen LogP contribution in [0.4, 0.5) is 20.2 Å². The van der Waals surface area contributed by atoms with Gasteiger partial charge in [-0.15, -0.1) is 0 Å². The van der Waals surface area contributed by atoms with Crippen molar-refractivity contribution >= 4 is 26.7 Å². The fourth-order valence-corrected chi connectivity index (χ4v) is 2.73. The summed E-state index contributed by atoms with van der Waals surface area (Å²) in [5, 5.41) is 0. The van der Waals surface area contributed by atoms with Crippen molar-refractivity contribution in [1.82, 2.24) is 0 Å². The van der Waals surface area contributed by atoms with Crippen LogP contribution in [0.5, 0.6) is 11.5 Å². The Morgan fingerprint density at radius 3 is 2.04 bits per heavy atom. The maximum atomic E-state index is 14.1. The third-order valence-corrected chi connectivity index (χ3v) is 4.19. The number of ether oxygens (including phenoxy) is 1. The van der Waals surface area contributed by atoms with Crippen LogP contribution in [0.1, 0.15) is 10.4 Å². The van der Waals surface area contributed by atoms with Crippen LogP contribution in [0.3, 0.4) is 0 Å². The van der Waals surface area contributed by atoms with E-state index in [4.69, 9.17) is 9.26 Å². The van der Waals surface area contributed by atoms with Gasteiger partial charge in [0.1, 0.15) is 11.6 Å². The maximum absolute atomic E-state index is 14.1. The molecule has 0 heterocycles. The van der Waals surface area contributed by atoms with Crippen LogP contribution in [0, 0.1) is 11.6 Å². The molecule has 4 nitrogen and oxygen atoms in total. The molecule has 0 spiro atoms. The van der Waals surface area contributed by atoms with Crippen molar-refractivity contribution in [2.75, 3.05) is 12.0 Å². The number of rotatable bonds is 5. The number of hydrogen-bond acceptors (Lipinski definition) is 3. The van der Waals surface area contributed by atoms with Gasteiger partial charge in [0.2, 0.25) is 0 Å². The number of amides is 1. The molecule has 1 atom stereocenters. The van der Waals surface area contributed by atoms with Crippen molar-refractivity contribution < 1.29 is 22.8 Å². The summed E-state index contributed by atoms with van der Waals surface area (Å²) in [6.07, 6.45) is 0. The van der Waals surface area contributed by atoms with Crippen molar-refractivity contribution in [2.24, 2.45) is 0 Å². The predicted octanol–water partition coefficient (Wildman–Crippen LogP) is 5.12. The molecule has 0 radical (unpaired) electrons. The highest BCUT2D eigenvalue weighted by atomic mass is 31.0. The fourth-order valence-electron chi connectivity index (χ4n) is 2.58. The molecule has 0 saturated heterocycles. The summed E-state index contributed by atoms with van der Waals surface area (Å²) in [5.41, 5.74) is 1.09. The second kappa shape index (κ2) is 8.14. The smallest absolute Gasteiger partial charge is 0.262 e. The Morgan fingerprint density at radius 2 is 1.52 bits per heavy atom. The van der Waals surface area contributed by atoms with Crippen LogP contribution in [-0.4, -0.2) is 13.0 Å². The zero-order valence-electron chi connectivity index (χ0n) is 14.4. The first-order chi connectivity index (χ1) is 13.0. The Balaban J connectivity index is 2.06. The quantitative estimate of drug-likeness (QED) is 0.571. The van der Waals surface area contributed by atoms with E-state index in [2.05, 4.69) is 9.47 Å². The van der Waals surface area contributed by atoms with Crippen molar-refractivity contribution in [3.05, 3.63) is 83.9 Å². The first kappa shape index (κ1) is 18.8. The van der Waals surface area contributed by atoms with E-state index in [-0.39, 0.29) is 11.3 Å². The molecule has 0 fully saturated rings. The molecule has 0 aliphatic heterocycles. The average Bonchev–Trinajstić information content (AvgIpc) is 2.70. The summed E-state index contributed by atoms with van der Waals surface area (Å²) in [7, 11) is 3.48. The van der Waals surface area contributed by atoms with Crippen LogP contribution in [0.15, 0.2) is 66.7 Å². The monoisotopic (exact) mass is 387 g/mol. The van der Waals surface area contributed by atoms with Gasteiger partial charge in [0.25, 0.3) is 5.91 Å². The number of hydrogen-bond donors (Lipinski definition) is 0. The molecule has 3 aromatic rings. The lowest BCUT2D eigenvalue weighted by Crippen LogP contribution is -2.26. The molecular weight excluding hydrogens is 371 g/mol. The lowest BCUT2D eigenvalue weighted by Gasteiger charge is -2.23. The van der Waals surface area contributed by atoms with Gasteiger partial charge >= 0.3 is 0 Å². The van der Waals surface area contributed by atoms with Gasteiger partial charge in [-0.3, -0.25) is 9.69 Å². The standard InChI is InChI=1S/C20H16F2NO3P/c1-25-19-11-2-13(12-18(19)22)20(24)23(15-5-3-14(21)4-6-15)16-7-9-17(26-27)10-8-16/h2-12H,27H2,1H3. The zero-order chi connectivity index (χ0) is 19.4. The summed E-state index contributed by atoms with van der Waals surface area (Å²) in [4.78, 5) is 14.5. The number of nitrogens with zero attached hydrogens (tertiary/aromatic N) is 1. The Kier molecular flexibility index (Phi) is 5.67. The summed E-state index contributed by atoms with van der Waals surface area (Å²) in [6, 6.07) is 16.2. The number of halogens is 2. The van der Waals surface area contributed by atoms with Crippen LogP contribution in [-0.2, 0) is 0 Å². The van der Waals surface area contributed by atoms with Crippen molar-refractivity contribution in [3.8, 4) is 11.5 Å². The molecule has 0 N–H and O–H groups in total. The van der Waals surface area contributed by atoms with E-state index in [0.717, 1.165) is 6.07 Å². The molecule has 3 aromatic carbocycles. The Hall–Kier alpha value is -2.98. The van der Waals surface area contributed by atoms with Gasteiger partial charge in [0, 0.05) is 16.9 Å². The van der Waals surface area contributed by atoms with Gasteiger partial charge < -0.3 is 9.26 Å². The van der Waals surface area contributed by atoms with Gasteiger partial charge in [-0.25, -0.2) is 8.78 Å². The minimum absolute atomic E-state index is 0.0434. The molecular formula is C20H16F2NO3P. The lowest BCUT2D eigenvalue weighted by molar-refractivity contribution is 0.0998. The van der Waals surface area contributed by atoms with E-state index in [1.54, 1.807) is 24.3 Å². The molecule has 0 aliphatic carbocycles. The Bertz CT molecular complexity index is 946. The van der Waals surface area contributed by atoms with E-state index < -0.39 is 17.5 Å². The third-order valence-electron chi connectivity index (χ3n) is 3.92. The molecule has 0 bridgehead atoms. The van der Waals surface area contributed by atoms with Crippen molar-refractivity contribution in [3.63, 3.8) is 0 Å². The SMILES string of the molecule is COc1ccc(C(=O)N(c2ccc(F)cc2)c2ccc(OP)cc2)cc1F. The molecule has 27 heavy (non-hydrogen) atoms. The molecule has 1 unspecified atom stereocenters. The molecule has 0 aromatic heterocycles. The highest BCUT2D eigenvalue weighted by Gasteiger charge is 2.21. The first-order valence-electron chi connectivity index (χ1n) is 7.94. The van der Waals surface area contributed by atoms with Crippen LogP contribution < -0.4 is 14.2 Å². The summed E-state index contributed by atoms with van der Waals surface area (Å²) < 4.78 is 37.3. The minimum atomic E-state index is -0.644. The number of methoxy groups -OCH3 is 1. The fraction of sp³-hybridized carbons (Fsp3) is 0.0500. The van der Waals surface area contributed by atoms with E-state index in [9.17, 15) is 13.6 Å². The molecule has 1 amide bonds. The van der Waals surface area contributed by atoms with Crippen LogP contribution in [0.2, 0.25) is 0 Å². The van der Waals surface area contributed by atoms with E-state index >= 15 is 0 Å². The largest absolute Gasteiger partial charge is 0.494 e. The number of carbonyl (C=O) groups excluding carboxylic acids is 1. The van der Waals surface area contributed by atoms with Crippen molar-refractivity contribution in [2.45, 2.75) is 0 Å². The van der Waals surface area contributed by atoms with Gasteiger partial charge in [-0.1, -0.05) is 0 Å². The van der Waals surface area contributed by atoms with E-state index in [0.29, 0.717) is 17.1 Å². The summed E-state index contributed by atoms with van der Waals surface area (Å²) >= 11 is 0. The average molecular weight is 387 g/mol. The van der Waals surface area contributed by atoms with Gasteiger partial charge in [0.15, 0.2) is 11.6 Å². The number of benzene rings is 3. The number of anilines is 2. The van der Waals surface area contributed by atoms with Gasteiger partial charge in [-0.2, -0.15) is 0 Å². The first-order valence-corrected chi connectivity index (χ1v) is 8.41. The predicted molar refractivity (Wildman–Crippen MR) is 103 cm³/mol. The molecule has 138 valence electrons. The highest BCUT2D eigenvalue weighted by Crippen LogP contribution is 2.30. The lowest BCUT2D eigenvalue weighted by atomic mass is 10.1. The second-order valence-electron chi connectivity index (χ2n) is 5.58. The van der Waals surface area contributed by atoms with Gasteiger partial charge in [0.05, 0.1) is 16.6 Å². The zero-order valence-corrected chi connectivity index (χ0v) is 15.5. The summed E-state index contributed by atoms with van der Waals surface area (Å²) in [5.74, 6) is -0.905. The topological polar surface area (TPSA) is 38.8 Å². The molecule has 0 saturated carbocycles. The Morgan fingerprint density at radius 1 is 0.926 bits per heavy atom. The van der Waals surface area contributed by atoms with E-state index in [1.165, 1.54) is 48.4 Å². The van der Waals surface area contributed by atoms with E-state index in [1.807, 2.05) is 0 Å². The second-order valence-corrected chi connectivity index (χ2v) is 5.81. The summed E-state index contributed by atoms with van der Waals surface area (Å²) in [6.45, 7) is 0. The van der Waals surface area contributed by atoms with Crippen LogP contribution in [0.25, 0.3) is 0 Å². The highest BCUT2D eigenvalue weighted by molar-refractivity contribution is 7.10. The normalized spacial score (nSPS) is 10.4. The Labute approximate surface area is 157 Å². The minimum Gasteiger partial charge on any atom is -0.494 e. The molecule has 0 aliphatic rings. The van der Waals surface area contributed by atoms with Crippen LogP contribution >= 0.6 is 9.47 Å². The number of carbonyl (C=O) groups is 1. The molecule has 7 heteroatoms. The third kappa shape index (κ3) is 4.07. The maximum Gasteiger partial charge on any atom is 0.262 e. The van der Waals surface area contributed by atoms with Gasteiger partial charge in [-0.05, 0) is 66.7 Å².